The van der Waals surface area contributed by atoms with Crippen molar-refractivity contribution >= 4 is 21.4 Å². The molecular formula is C14H19ClO2S. The molecule has 0 N–H and O–H groups in total. The van der Waals surface area contributed by atoms with E-state index in [1.54, 1.807) is 0 Å². The summed E-state index contributed by atoms with van der Waals surface area (Å²) in [4.78, 5) is 0. The topological polar surface area (TPSA) is 34.1 Å². The van der Waals surface area contributed by atoms with Crippen molar-refractivity contribution in [2.75, 3.05) is 11.5 Å². The van der Waals surface area contributed by atoms with Crippen molar-refractivity contribution in [1.29, 1.82) is 0 Å². The first-order chi connectivity index (χ1) is 8.53. The van der Waals surface area contributed by atoms with Gasteiger partial charge in [0, 0.05) is 5.75 Å². The van der Waals surface area contributed by atoms with Gasteiger partial charge in [-0.2, -0.15) is 0 Å². The zero-order valence-corrected chi connectivity index (χ0v) is 12.2. The van der Waals surface area contributed by atoms with Gasteiger partial charge < -0.3 is 0 Å². The Labute approximate surface area is 114 Å². The maximum Gasteiger partial charge on any atom is 0.150 e. The molecule has 0 fully saturated rings. The number of halogens is 1. The number of hydrogen-bond donors (Lipinski definition) is 0. The van der Waals surface area contributed by atoms with Gasteiger partial charge in [-0.1, -0.05) is 31.2 Å². The van der Waals surface area contributed by atoms with Gasteiger partial charge in [0.2, 0.25) is 0 Å². The molecule has 4 heteroatoms. The minimum absolute atomic E-state index is 0.0296. The summed E-state index contributed by atoms with van der Waals surface area (Å²) in [6.07, 6.45) is 2.27. The monoisotopic (exact) mass is 286 g/mol. The molecule has 2 rings (SSSR count). The molecule has 0 bridgehead atoms. The van der Waals surface area contributed by atoms with Crippen LogP contribution in [0.1, 0.15) is 36.3 Å². The third-order valence-corrected chi connectivity index (χ3v) is 6.04. The van der Waals surface area contributed by atoms with E-state index in [1.807, 2.05) is 25.1 Å². The Bertz CT molecular complexity index is 510. The van der Waals surface area contributed by atoms with Crippen molar-refractivity contribution in [3.05, 3.63) is 35.4 Å². The van der Waals surface area contributed by atoms with Crippen molar-refractivity contribution in [3.63, 3.8) is 0 Å². The highest BCUT2D eigenvalue weighted by Gasteiger charge is 2.31. The van der Waals surface area contributed by atoms with Gasteiger partial charge in [0.1, 0.15) is 9.84 Å². The Balaban J connectivity index is 1.98. The second-order valence-electron chi connectivity index (χ2n) is 5.01. The molecule has 2 nitrogen and oxygen atoms in total. The van der Waals surface area contributed by atoms with Gasteiger partial charge in [-0.05, 0) is 36.3 Å². The molecule has 1 aliphatic rings. The fourth-order valence-corrected chi connectivity index (χ4v) is 4.54. The summed E-state index contributed by atoms with van der Waals surface area (Å²) in [5.74, 6) is 0.818. The highest BCUT2D eigenvalue weighted by Crippen LogP contribution is 2.42. The van der Waals surface area contributed by atoms with Gasteiger partial charge in [-0.25, -0.2) is 8.42 Å². The largest absolute Gasteiger partial charge is 0.229 e. The lowest BCUT2D eigenvalue weighted by Crippen LogP contribution is -2.15. The molecule has 100 valence electrons. The number of rotatable bonds is 5. The maximum absolute atomic E-state index is 11.7. The summed E-state index contributed by atoms with van der Waals surface area (Å²) >= 11 is 6.42. The van der Waals surface area contributed by atoms with Gasteiger partial charge in [-0.15, -0.1) is 11.6 Å². The van der Waals surface area contributed by atoms with Crippen LogP contribution >= 0.6 is 11.6 Å². The normalized spacial score (nSPS) is 23.0. The van der Waals surface area contributed by atoms with Crippen LogP contribution in [0.15, 0.2) is 24.3 Å². The van der Waals surface area contributed by atoms with Gasteiger partial charge >= 0.3 is 0 Å². The second kappa shape index (κ2) is 5.62. The summed E-state index contributed by atoms with van der Waals surface area (Å²) in [6.45, 7) is 1.90. The van der Waals surface area contributed by atoms with Crippen molar-refractivity contribution in [1.82, 2.24) is 0 Å². The maximum atomic E-state index is 11.7. The quantitative estimate of drug-likeness (QED) is 0.778. The molecule has 0 aliphatic heterocycles. The summed E-state index contributed by atoms with van der Waals surface area (Å²) in [5.41, 5.74) is 2.45. The third kappa shape index (κ3) is 3.07. The van der Waals surface area contributed by atoms with Crippen LogP contribution in [0.4, 0.5) is 0 Å². The van der Waals surface area contributed by atoms with E-state index in [0.29, 0.717) is 18.6 Å². The fraction of sp³-hybridized carbons (Fsp3) is 0.571. The van der Waals surface area contributed by atoms with Gasteiger partial charge in [0.15, 0.2) is 0 Å². The molecule has 2 unspecified atom stereocenters. The molecule has 0 saturated heterocycles. The number of alkyl halides is 1. The Hall–Kier alpha value is -0.540. The zero-order valence-electron chi connectivity index (χ0n) is 10.6. The molecule has 1 aliphatic carbocycles. The lowest BCUT2D eigenvalue weighted by molar-refractivity contribution is 0.518. The molecule has 0 saturated carbocycles. The molecule has 0 radical (unpaired) electrons. The molecule has 1 aromatic carbocycles. The van der Waals surface area contributed by atoms with Crippen LogP contribution in [0.5, 0.6) is 0 Å². The van der Waals surface area contributed by atoms with Crippen LogP contribution in [0.25, 0.3) is 0 Å². The van der Waals surface area contributed by atoms with Crippen LogP contribution in [0.2, 0.25) is 0 Å². The molecule has 0 spiro atoms. The Morgan fingerprint density at radius 1 is 1.28 bits per heavy atom. The van der Waals surface area contributed by atoms with Crippen molar-refractivity contribution < 1.29 is 8.42 Å². The lowest BCUT2D eigenvalue weighted by atomic mass is 10.0. The van der Waals surface area contributed by atoms with E-state index in [-0.39, 0.29) is 17.0 Å². The van der Waals surface area contributed by atoms with E-state index in [0.717, 1.165) is 6.42 Å². The number of fused-ring (bicyclic) bond motifs is 1. The minimum atomic E-state index is -2.89. The summed E-state index contributed by atoms with van der Waals surface area (Å²) < 4.78 is 23.4. The predicted molar refractivity (Wildman–Crippen MR) is 75.8 cm³/mol. The summed E-state index contributed by atoms with van der Waals surface area (Å²) in [7, 11) is -2.89. The minimum Gasteiger partial charge on any atom is -0.229 e. The van der Waals surface area contributed by atoms with Gasteiger partial charge in [-0.3, -0.25) is 0 Å². The van der Waals surface area contributed by atoms with Crippen LogP contribution in [0, 0.1) is 5.92 Å². The predicted octanol–water partition coefficient (Wildman–Crippen LogP) is 3.35. The average molecular weight is 287 g/mol. The average Bonchev–Trinajstić information content (AvgIpc) is 2.65. The van der Waals surface area contributed by atoms with E-state index < -0.39 is 9.84 Å². The summed E-state index contributed by atoms with van der Waals surface area (Å²) in [6, 6.07) is 8.14. The van der Waals surface area contributed by atoms with E-state index in [9.17, 15) is 8.42 Å². The van der Waals surface area contributed by atoms with Crippen LogP contribution < -0.4 is 0 Å². The second-order valence-corrected chi connectivity index (χ2v) is 7.78. The highest BCUT2D eigenvalue weighted by molar-refractivity contribution is 7.91. The van der Waals surface area contributed by atoms with E-state index in [2.05, 4.69) is 6.07 Å². The van der Waals surface area contributed by atoms with E-state index in [4.69, 9.17) is 11.6 Å². The van der Waals surface area contributed by atoms with E-state index in [1.165, 1.54) is 11.1 Å². The molecule has 18 heavy (non-hydrogen) atoms. The molecule has 0 aromatic heterocycles. The van der Waals surface area contributed by atoms with E-state index >= 15 is 0 Å². The number of sulfone groups is 1. The Morgan fingerprint density at radius 3 is 2.67 bits per heavy atom. The van der Waals surface area contributed by atoms with Gasteiger partial charge in [0.25, 0.3) is 0 Å². The van der Waals surface area contributed by atoms with Crippen LogP contribution in [-0.2, 0) is 16.3 Å². The smallest absolute Gasteiger partial charge is 0.150 e. The highest BCUT2D eigenvalue weighted by atomic mass is 35.5. The van der Waals surface area contributed by atoms with Crippen molar-refractivity contribution in [3.8, 4) is 0 Å². The first-order valence-corrected chi connectivity index (χ1v) is 8.71. The molecular weight excluding hydrogens is 268 g/mol. The zero-order chi connectivity index (χ0) is 13.2. The van der Waals surface area contributed by atoms with Crippen LogP contribution in [0.3, 0.4) is 0 Å². The number of hydrogen-bond acceptors (Lipinski definition) is 2. The van der Waals surface area contributed by atoms with Crippen molar-refractivity contribution in [2.24, 2.45) is 5.92 Å². The SMILES string of the molecule is CCCS(=O)(=O)CCC1Cc2ccccc2C1Cl. The Morgan fingerprint density at radius 2 is 2.00 bits per heavy atom. The first kappa shape index (κ1) is 13.9. The first-order valence-electron chi connectivity index (χ1n) is 6.46. The summed E-state index contributed by atoms with van der Waals surface area (Å²) in [5, 5.41) is -0.0296. The van der Waals surface area contributed by atoms with Gasteiger partial charge in [0.05, 0.1) is 11.1 Å². The molecule has 2 atom stereocenters. The molecule has 0 amide bonds. The van der Waals surface area contributed by atoms with Crippen molar-refractivity contribution in [2.45, 2.75) is 31.6 Å². The van der Waals surface area contributed by atoms with Crippen LogP contribution in [-0.4, -0.2) is 19.9 Å². The Kier molecular flexibility index (Phi) is 4.33. The third-order valence-electron chi connectivity index (χ3n) is 3.56. The fourth-order valence-electron chi connectivity index (χ4n) is 2.62. The molecule has 1 aromatic rings. The lowest BCUT2D eigenvalue weighted by Gasteiger charge is -2.13. The molecule has 0 heterocycles. The standard InChI is InChI=1S/C14H19ClO2S/c1-2-8-18(16,17)9-7-12-10-11-5-3-4-6-13(11)14(12)15/h3-6,12,14H,2,7-10H2,1H3. The number of benzene rings is 1.